The van der Waals surface area contributed by atoms with Crippen molar-refractivity contribution in [3.05, 3.63) is 58.6 Å². The minimum Gasteiger partial charge on any atom is -0.348 e. The standard InChI is InChI=1S/C15H15N7O/c23-15-11-7-22(8-13-18-2-3-19-13)4-1-12(11)20-14(21-15)10-5-16-9-17-6-10/h2-3,5-6,9H,1,4,7-8H2,(H,18,19)(H,20,21,23). The number of hydrogen-bond donors (Lipinski definition) is 2. The molecule has 8 heteroatoms. The van der Waals surface area contributed by atoms with Crippen LogP contribution in [0.15, 0.2) is 35.9 Å². The van der Waals surface area contributed by atoms with Gasteiger partial charge in [-0.1, -0.05) is 0 Å². The summed E-state index contributed by atoms with van der Waals surface area (Å²) in [4.78, 5) is 37.3. The molecular weight excluding hydrogens is 294 g/mol. The molecule has 0 fully saturated rings. The molecule has 0 bridgehead atoms. The van der Waals surface area contributed by atoms with Gasteiger partial charge in [0.2, 0.25) is 0 Å². The van der Waals surface area contributed by atoms with Gasteiger partial charge in [0.1, 0.15) is 18.0 Å². The number of H-pyrrole nitrogens is 2. The Bertz CT molecular complexity index is 857. The van der Waals surface area contributed by atoms with Gasteiger partial charge in [-0.3, -0.25) is 9.69 Å². The summed E-state index contributed by atoms with van der Waals surface area (Å²) in [5, 5.41) is 0. The Morgan fingerprint density at radius 1 is 1.26 bits per heavy atom. The number of rotatable bonds is 3. The van der Waals surface area contributed by atoms with E-state index in [0.29, 0.717) is 24.5 Å². The van der Waals surface area contributed by atoms with Gasteiger partial charge in [-0.2, -0.15) is 0 Å². The molecule has 3 aromatic rings. The average molecular weight is 309 g/mol. The predicted molar refractivity (Wildman–Crippen MR) is 82.3 cm³/mol. The highest BCUT2D eigenvalue weighted by molar-refractivity contribution is 5.52. The Morgan fingerprint density at radius 3 is 2.91 bits per heavy atom. The van der Waals surface area contributed by atoms with Crippen LogP contribution in [0.1, 0.15) is 17.1 Å². The SMILES string of the molecule is O=c1[nH]c(-c2cncnc2)nc2c1CN(Cc1ncc[nH]1)CC2. The summed E-state index contributed by atoms with van der Waals surface area (Å²) < 4.78 is 0. The molecule has 8 nitrogen and oxygen atoms in total. The molecule has 116 valence electrons. The monoisotopic (exact) mass is 309 g/mol. The van der Waals surface area contributed by atoms with E-state index in [2.05, 4.69) is 34.8 Å². The molecule has 1 aliphatic heterocycles. The minimum atomic E-state index is -0.0991. The van der Waals surface area contributed by atoms with Gasteiger partial charge in [0.05, 0.1) is 23.4 Å². The zero-order valence-electron chi connectivity index (χ0n) is 12.4. The van der Waals surface area contributed by atoms with E-state index in [1.165, 1.54) is 6.33 Å². The lowest BCUT2D eigenvalue weighted by Crippen LogP contribution is -2.35. The van der Waals surface area contributed by atoms with Crippen LogP contribution in [0.2, 0.25) is 0 Å². The van der Waals surface area contributed by atoms with E-state index in [0.717, 1.165) is 30.0 Å². The number of nitrogens with one attached hydrogen (secondary N) is 2. The first-order chi connectivity index (χ1) is 11.3. The molecule has 0 radical (unpaired) electrons. The van der Waals surface area contributed by atoms with Crippen molar-refractivity contribution in [1.29, 1.82) is 0 Å². The van der Waals surface area contributed by atoms with Gasteiger partial charge in [0.15, 0.2) is 0 Å². The summed E-state index contributed by atoms with van der Waals surface area (Å²) in [5.41, 5.74) is 2.19. The number of fused-ring (bicyclic) bond motifs is 1. The Labute approximate surface area is 131 Å². The lowest BCUT2D eigenvalue weighted by molar-refractivity contribution is 0.236. The fourth-order valence-corrected chi connectivity index (χ4v) is 2.77. The lowest BCUT2D eigenvalue weighted by Gasteiger charge is -2.26. The van der Waals surface area contributed by atoms with Crippen LogP contribution in [0, 0.1) is 0 Å². The number of aromatic amines is 2. The molecule has 0 aromatic carbocycles. The molecule has 3 aromatic heterocycles. The number of aromatic nitrogens is 6. The molecule has 0 saturated heterocycles. The second kappa shape index (κ2) is 5.73. The number of imidazole rings is 1. The molecule has 0 saturated carbocycles. The van der Waals surface area contributed by atoms with E-state index in [-0.39, 0.29) is 5.56 Å². The summed E-state index contributed by atoms with van der Waals surface area (Å²) in [6, 6.07) is 0. The zero-order valence-corrected chi connectivity index (χ0v) is 12.4. The molecule has 0 atom stereocenters. The third-order valence-electron chi connectivity index (χ3n) is 3.91. The molecule has 4 rings (SSSR count). The molecule has 4 heterocycles. The Balaban J connectivity index is 1.62. The highest BCUT2D eigenvalue weighted by Gasteiger charge is 2.22. The normalized spacial score (nSPS) is 14.6. The summed E-state index contributed by atoms with van der Waals surface area (Å²) in [5.74, 6) is 1.42. The van der Waals surface area contributed by atoms with Crippen molar-refractivity contribution in [2.24, 2.45) is 0 Å². The van der Waals surface area contributed by atoms with Crippen LogP contribution in [0.25, 0.3) is 11.4 Å². The number of hydrogen-bond acceptors (Lipinski definition) is 6. The first kappa shape index (κ1) is 13.8. The van der Waals surface area contributed by atoms with Gasteiger partial charge >= 0.3 is 0 Å². The smallest absolute Gasteiger partial charge is 0.255 e. The Hall–Kier alpha value is -2.87. The van der Waals surface area contributed by atoms with Gasteiger partial charge in [0.25, 0.3) is 5.56 Å². The second-order valence-electron chi connectivity index (χ2n) is 5.46. The summed E-state index contributed by atoms with van der Waals surface area (Å²) >= 11 is 0. The van der Waals surface area contributed by atoms with Crippen molar-refractivity contribution in [1.82, 2.24) is 34.8 Å². The van der Waals surface area contributed by atoms with Gasteiger partial charge in [-0.25, -0.2) is 19.9 Å². The maximum absolute atomic E-state index is 12.4. The van der Waals surface area contributed by atoms with Crippen LogP contribution in [0.5, 0.6) is 0 Å². The average Bonchev–Trinajstić information content (AvgIpc) is 3.09. The van der Waals surface area contributed by atoms with Crippen LogP contribution >= 0.6 is 0 Å². The van der Waals surface area contributed by atoms with Gasteiger partial charge in [0, 0.05) is 44.3 Å². The topological polar surface area (TPSA) is 103 Å². The second-order valence-corrected chi connectivity index (χ2v) is 5.46. The molecule has 0 unspecified atom stereocenters. The third-order valence-corrected chi connectivity index (χ3v) is 3.91. The summed E-state index contributed by atoms with van der Waals surface area (Å²) in [6.45, 7) is 2.11. The van der Waals surface area contributed by atoms with Crippen LogP contribution < -0.4 is 5.56 Å². The largest absolute Gasteiger partial charge is 0.348 e. The van der Waals surface area contributed by atoms with Crippen LogP contribution in [-0.4, -0.2) is 41.3 Å². The zero-order chi connectivity index (χ0) is 15.6. The van der Waals surface area contributed by atoms with Crippen molar-refractivity contribution in [2.45, 2.75) is 19.5 Å². The van der Waals surface area contributed by atoms with Crippen LogP contribution in [-0.2, 0) is 19.5 Å². The molecule has 0 amide bonds. The molecule has 23 heavy (non-hydrogen) atoms. The predicted octanol–water partition coefficient (Wildman–Crippen LogP) is 0.508. The van der Waals surface area contributed by atoms with E-state index >= 15 is 0 Å². The quantitative estimate of drug-likeness (QED) is 0.730. The van der Waals surface area contributed by atoms with Crippen molar-refractivity contribution in [2.75, 3.05) is 6.54 Å². The lowest BCUT2D eigenvalue weighted by atomic mass is 10.1. The molecule has 0 aliphatic carbocycles. The molecular formula is C15H15N7O. The highest BCUT2D eigenvalue weighted by Crippen LogP contribution is 2.18. The summed E-state index contributed by atoms with van der Waals surface area (Å²) in [6.07, 6.45) is 9.01. The molecule has 2 N–H and O–H groups in total. The van der Waals surface area contributed by atoms with Crippen molar-refractivity contribution in [3.63, 3.8) is 0 Å². The maximum atomic E-state index is 12.4. The van der Waals surface area contributed by atoms with Gasteiger partial charge < -0.3 is 9.97 Å². The summed E-state index contributed by atoms with van der Waals surface area (Å²) in [7, 11) is 0. The number of nitrogens with zero attached hydrogens (tertiary/aromatic N) is 5. The molecule has 0 spiro atoms. The minimum absolute atomic E-state index is 0.0991. The Kier molecular flexibility index (Phi) is 3.43. The van der Waals surface area contributed by atoms with Crippen LogP contribution in [0.3, 0.4) is 0 Å². The highest BCUT2D eigenvalue weighted by atomic mass is 16.1. The van der Waals surface area contributed by atoms with Gasteiger partial charge in [-0.15, -0.1) is 0 Å². The van der Waals surface area contributed by atoms with E-state index in [9.17, 15) is 4.79 Å². The first-order valence-electron chi connectivity index (χ1n) is 7.37. The van der Waals surface area contributed by atoms with E-state index in [4.69, 9.17) is 0 Å². The van der Waals surface area contributed by atoms with Gasteiger partial charge in [-0.05, 0) is 0 Å². The Morgan fingerprint density at radius 2 is 2.13 bits per heavy atom. The molecule has 1 aliphatic rings. The van der Waals surface area contributed by atoms with Crippen molar-refractivity contribution < 1.29 is 0 Å². The van der Waals surface area contributed by atoms with E-state index in [1.54, 1.807) is 24.8 Å². The fraction of sp³-hybridized carbons (Fsp3) is 0.267. The maximum Gasteiger partial charge on any atom is 0.255 e. The fourth-order valence-electron chi connectivity index (χ4n) is 2.77. The van der Waals surface area contributed by atoms with Crippen LogP contribution in [0.4, 0.5) is 0 Å². The van der Waals surface area contributed by atoms with E-state index in [1.807, 2.05) is 0 Å². The first-order valence-corrected chi connectivity index (χ1v) is 7.37. The van der Waals surface area contributed by atoms with Crippen molar-refractivity contribution in [3.8, 4) is 11.4 Å². The van der Waals surface area contributed by atoms with Crippen molar-refractivity contribution >= 4 is 0 Å². The van der Waals surface area contributed by atoms with E-state index < -0.39 is 0 Å². The third kappa shape index (κ3) is 2.76.